The standard InChI is InChI=1S/C13H13BrN2OS/c1-15-10-7-12(13-16-4-5-18-13)17-11-3-2-8(14)6-9(10)11/h2-6,10,12,15H,7H2,1H3. The van der Waals surface area contributed by atoms with Gasteiger partial charge in [-0.05, 0) is 25.2 Å². The zero-order chi connectivity index (χ0) is 12.5. The minimum Gasteiger partial charge on any atom is -0.483 e. The Balaban J connectivity index is 1.97. The van der Waals surface area contributed by atoms with Crippen molar-refractivity contribution in [3.05, 3.63) is 44.8 Å². The molecule has 0 bridgehead atoms. The van der Waals surface area contributed by atoms with Crippen molar-refractivity contribution in [1.29, 1.82) is 0 Å². The summed E-state index contributed by atoms with van der Waals surface area (Å²) in [5.74, 6) is 0.948. The third-order valence-corrected chi connectivity index (χ3v) is 4.50. The summed E-state index contributed by atoms with van der Waals surface area (Å²) in [6, 6.07) is 6.45. The molecule has 1 aliphatic rings. The van der Waals surface area contributed by atoms with E-state index in [1.807, 2.05) is 30.8 Å². The van der Waals surface area contributed by atoms with Crippen LogP contribution in [0.1, 0.15) is 29.1 Å². The van der Waals surface area contributed by atoms with E-state index in [0.29, 0.717) is 6.04 Å². The molecule has 94 valence electrons. The molecule has 3 nitrogen and oxygen atoms in total. The molecular formula is C13H13BrN2OS. The lowest BCUT2D eigenvalue weighted by atomic mass is 9.97. The Bertz CT molecular complexity index is 544. The summed E-state index contributed by atoms with van der Waals surface area (Å²) in [7, 11) is 1.99. The number of hydrogen-bond donors (Lipinski definition) is 1. The molecule has 5 heteroatoms. The molecule has 0 saturated carbocycles. The van der Waals surface area contributed by atoms with Crippen molar-refractivity contribution in [3.63, 3.8) is 0 Å². The van der Waals surface area contributed by atoms with E-state index >= 15 is 0 Å². The lowest BCUT2D eigenvalue weighted by Crippen LogP contribution is -2.26. The number of aromatic nitrogens is 1. The third-order valence-electron chi connectivity index (χ3n) is 3.14. The van der Waals surface area contributed by atoms with E-state index in [9.17, 15) is 0 Å². The highest BCUT2D eigenvalue weighted by atomic mass is 79.9. The predicted molar refractivity (Wildman–Crippen MR) is 76.0 cm³/mol. The largest absolute Gasteiger partial charge is 0.483 e. The smallest absolute Gasteiger partial charge is 0.152 e. The number of rotatable bonds is 2. The van der Waals surface area contributed by atoms with Gasteiger partial charge in [0.05, 0.1) is 0 Å². The number of hydrogen-bond acceptors (Lipinski definition) is 4. The minimum absolute atomic E-state index is 0.0520. The molecule has 0 spiro atoms. The Morgan fingerprint density at radius 2 is 2.39 bits per heavy atom. The first-order valence-electron chi connectivity index (χ1n) is 5.80. The van der Waals surface area contributed by atoms with Crippen LogP contribution >= 0.6 is 27.3 Å². The zero-order valence-electron chi connectivity index (χ0n) is 9.89. The molecule has 1 aromatic carbocycles. The van der Waals surface area contributed by atoms with Crippen molar-refractivity contribution in [2.24, 2.45) is 0 Å². The van der Waals surface area contributed by atoms with E-state index < -0.39 is 0 Å². The lowest BCUT2D eigenvalue weighted by molar-refractivity contribution is 0.153. The van der Waals surface area contributed by atoms with Gasteiger partial charge in [-0.25, -0.2) is 4.98 Å². The van der Waals surface area contributed by atoms with Crippen molar-refractivity contribution in [2.75, 3.05) is 7.05 Å². The van der Waals surface area contributed by atoms with Gasteiger partial charge in [-0.2, -0.15) is 0 Å². The summed E-state index contributed by atoms with van der Waals surface area (Å²) >= 11 is 5.15. The van der Waals surface area contributed by atoms with Crippen molar-refractivity contribution in [1.82, 2.24) is 10.3 Å². The Kier molecular flexibility index (Phi) is 3.37. The Hall–Kier alpha value is -0.910. The highest BCUT2D eigenvalue weighted by Gasteiger charge is 2.29. The van der Waals surface area contributed by atoms with Crippen LogP contribution in [-0.2, 0) is 0 Å². The van der Waals surface area contributed by atoms with Gasteiger partial charge < -0.3 is 10.1 Å². The van der Waals surface area contributed by atoms with Crippen LogP contribution in [0.25, 0.3) is 0 Å². The fourth-order valence-corrected chi connectivity index (χ4v) is 3.32. The summed E-state index contributed by atoms with van der Waals surface area (Å²) in [6.07, 6.45) is 2.79. The van der Waals surface area contributed by atoms with Crippen LogP contribution < -0.4 is 10.1 Å². The average molecular weight is 325 g/mol. The molecule has 0 saturated heterocycles. The summed E-state index contributed by atoms with van der Waals surface area (Å²) in [6.45, 7) is 0. The number of fused-ring (bicyclic) bond motifs is 1. The van der Waals surface area contributed by atoms with Gasteiger partial charge >= 0.3 is 0 Å². The van der Waals surface area contributed by atoms with Gasteiger partial charge in [0, 0.05) is 34.1 Å². The van der Waals surface area contributed by atoms with E-state index in [2.05, 4.69) is 32.3 Å². The molecule has 1 N–H and O–H groups in total. The Morgan fingerprint density at radius 3 is 3.11 bits per heavy atom. The molecule has 0 amide bonds. The Morgan fingerprint density at radius 1 is 1.50 bits per heavy atom. The molecule has 18 heavy (non-hydrogen) atoms. The molecule has 2 unspecified atom stereocenters. The maximum absolute atomic E-state index is 6.05. The van der Waals surface area contributed by atoms with Gasteiger partial charge in [0.15, 0.2) is 6.10 Å². The number of nitrogens with zero attached hydrogens (tertiary/aromatic N) is 1. The molecule has 0 fully saturated rings. The first-order valence-corrected chi connectivity index (χ1v) is 7.48. The summed E-state index contributed by atoms with van der Waals surface area (Å²) < 4.78 is 7.13. The van der Waals surface area contributed by atoms with Gasteiger partial charge in [0.25, 0.3) is 0 Å². The molecule has 2 heterocycles. The second kappa shape index (κ2) is 4.99. The van der Waals surface area contributed by atoms with Crippen LogP contribution in [0.3, 0.4) is 0 Å². The highest BCUT2D eigenvalue weighted by Crippen LogP contribution is 2.41. The normalized spacial score (nSPS) is 22.3. The Labute approximate surface area is 118 Å². The topological polar surface area (TPSA) is 34.2 Å². The van der Waals surface area contributed by atoms with E-state index in [0.717, 1.165) is 21.7 Å². The van der Waals surface area contributed by atoms with Crippen LogP contribution in [0, 0.1) is 0 Å². The van der Waals surface area contributed by atoms with Crippen LogP contribution in [0.15, 0.2) is 34.2 Å². The maximum Gasteiger partial charge on any atom is 0.152 e. The first-order chi connectivity index (χ1) is 8.78. The average Bonchev–Trinajstić information content (AvgIpc) is 2.91. The van der Waals surface area contributed by atoms with Crippen LogP contribution in [0.2, 0.25) is 0 Å². The zero-order valence-corrected chi connectivity index (χ0v) is 12.3. The quantitative estimate of drug-likeness (QED) is 0.914. The van der Waals surface area contributed by atoms with Crippen LogP contribution in [-0.4, -0.2) is 12.0 Å². The number of thiazole rings is 1. The van der Waals surface area contributed by atoms with Crippen molar-refractivity contribution >= 4 is 27.3 Å². The highest BCUT2D eigenvalue weighted by molar-refractivity contribution is 9.10. The van der Waals surface area contributed by atoms with E-state index in [1.54, 1.807) is 11.3 Å². The predicted octanol–water partition coefficient (Wildman–Crippen LogP) is 3.69. The van der Waals surface area contributed by atoms with Crippen molar-refractivity contribution < 1.29 is 4.74 Å². The lowest BCUT2D eigenvalue weighted by Gasteiger charge is -2.31. The molecular weight excluding hydrogens is 312 g/mol. The van der Waals surface area contributed by atoms with Crippen LogP contribution in [0.4, 0.5) is 0 Å². The van der Waals surface area contributed by atoms with E-state index in [4.69, 9.17) is 4.74 Å². The van der Waals surface area contributed by atoms with E-state index in [1.165, 1.54) is 5.56 Å². The summed E-state index contributed by atoms with van der Waals surface area (Å²) in [4.78, 5) is 4.36. The number of nitrogens with one attached hydrogen (secondary N) is 1. The first kappa shape index (κ1) is 12.1. The second-order valence-corrected chi connectivity index (χ2v) is 6.08. The fourth-order valence-electron chi connectivity index (χ4n) is 2.26. The third kappa shape index (κ3) is 2.18. The van der Waals surface area contributed by atoms with Gasteiger partial charge in [0.2, 0.25) is 0 Å². The molecule has 3 rings (SSSR count). The number of benzene rings is 1. The summed E-state index contributed by atoms with van der Waals surface area (Å²) in [5, 5.41) is 6.39. The molecule has 1 aromatic heterocycles. The van der Waals surface area contributed by atoms with Gasteiger partial charge in [-0.15, -0.1) is 11.3 Å². The van der Waals surface area contributed by atoms with Crippen LogP contribution in [0.5, 0.6) is 5.75 Å². The molecule has 2 aromatic rings. The second-order valence-electron chi connectivity index (χ2n) is 4.24. The fraction of sp³-hybridized carbons (Fsp3) is 0.308. The number of halogens is 1. The van der Waals surface area contributed by atoms with Gasteiger partial charge in [0.1, 0.15) is 10.8 Å². The van der Waals surface area contributed by atoms with Gasteiger partial charge in [-0.3, -0.25) is 0 Å². The minimum atomic E-state index is 0.0520. The molecule has 0 radical (unpaired) electrons. The molecule has 1 aliphatic heterocycles. The summed E-state index contributed by atoms with van der Waals surface area (Å²) in [5.41, 5.74) is 1.21. The van der Waals surface area contributed by atoms with Crippen molar-refractivity contribution in [3.8, 4) is 5.75 Å². The van der Waals surface area contributed by atoms with E-state index in [-0.39, 0.29) is 6.10 Å². The monoisotopic (exact) mass is 324 g/mol. The van der Waals surface area contributed by atoms with Crippen molar-refractivity contribution in [2.45, 2.75) is 18.6 Å². The maximum atomic E-state index is 6.05. The molecule has 2 atom stereocenters. The van der Waals surface area contributed by atoms with Gasteiger partial charge in [-0.1, -0.05) is 15.9 Å². The number of ether oxygens (including phenoxy) is 1. The SMILES string of the molecule is CNC1CC(c2nccs2)Oc2ccc(Br)cc21. The molecule has 0 aliphatic carbocycles.